The number of epoxide rings is 1. The zero-order valence-corrected chi connectivity index (χ0v) is 66.0. The first-order valence-corrected chi connectivity index (χ1v) is 50.6. The number of carboxylic acids is 2. The lowest BCUT2D eigenvalue weighted by atomic mass is 9.13. The average Bonchev–Trinajstić information content (AvgIpc) is 0.979. The smallest absolute Gasteiger partial charge is 0.307 e. The minimum atomic E-state index is -1.07. The van der Waals surface area contributed by atoms with Crippen LogP contribution in [-0.2, 0) is 47.8 Å². The summed E-state index contributed by atoms with van der Waals surface area (Å²) < 4.78 is 24.9. The number of Topliss-reactive ketones (excluding diaryl/α,β-unsaturated/α-hetero) is 4. The molecular weight excluding hydrogens is 1450 g/mol. The van der Waals surface area contributed by atoms with E-state index in [0.29, 0.717) is 273 Å². The lowest BCUT2D eigenvalue weighted by Gasteiger charge is -2.93. The molecule has 5 N–H and O–H groups in total. The van der Waals surface area contributed by atoms with Crippen LogP contribution in [0.15, 0.2) is 0 Å². The summed E-state index contributed by atoms with van der Waals surface area (Å²) in [5.74, 6) is 16.2. The number of rotatable bonds is 3. The van der Waals surface area contributed by atoms with Crippen LogP contribution < -0.4 is 0 Å². The van der Waals surface area contributed by atoms with Crippen molar-refractivity contribution in [1.29, 1.82) is 0 Å². The van der Waals surface area contributed by atoms with Crippen molar-refractivity contribution in [1.82, 2.24) is 0 Å². The fraction of sp³-hybridized carbons (Fsp3) is 0.931. The van der Waals surface area contributed by atoms with Crippen LogP contribution in [0.4, 0.5) is 0 Å². The maximum atomic E-state index is 17.9. The van der Waals surface area contributed by atoms with Crippen molar-refractivity contribution in [3.63, 3.8) is 0 Å². The van der Waals surface area contributed by atoms with Gasteiger partial charge in [0, 0.05) is 66.6 Å². The molecule has 15 nitrogen and oxygen atoms in total. The molecule has 5 aliphatic heterocycles. The van der Waals surface area contributed by atoms with Crippen molar-refractivity contribution >= 4 is 41.4 Å². The number of ketones is 4. The van der Waals surface area contributed by atoms with Crippen LogP contribution in [0.2, 0.25) is 0 Å². The van der Waals surface area contributed by atoms with Crippen LogP contribution in [-0.4, -0.2) is 119 Å². The third-order valence-corrected chi connectivity index (χ3v) is 56.3. The van der Waals surface area contributed by atoms with Gasteiger partial charge in [0.2, 0.25) is 0 Å². The molecule has 41 rings (SSSR count). The fourth-order valence-corrected chi connectivity index (χ4v) is 59.3. The van der Waals surface area contributed by atoms with Gasteiger partial charge in [-0.05, 0) is 433 Å². The Hall–Kier alpha value is -2.95. The highest BCUT2D eigenvalue weighted by molar-refractivity contribution is 5.96. The molecule has 41 aliphatic rings. The van der Waals surface area contributed by atoms with Gasteiger partial charge in [0.05, 0.1) is 64.3 Å². The summed E-state index contributed by atoms with van der Waals surface area (Å²) in [5, 5.41) is 65.7. The van der Waals surface area contributed by atoms with Crippen molar-refractivity contribution in [2.45, 2.75) is 162 Å². The number of carboxylic acid groups (broad SMARTS) is 2. The highest BCUT2D eigenvalue weighted by Gasteiger charge is 2.98. The SMILES string of the molecule is O=CC1C(C(=O)O)CC2C(O)C3CC45OC4CC4CC6C(=O)C7CC8CC9CC%10C(O)C%11C(=O)C%12C(C(=O)O)CC(=O)C%13CC%14%15CC%16(CCC%17C(O)C%18C(=O)C%19CC%20CC%21%22CC%23(CC%24CC1C2C1C%24C2C%24C%25C%26C%27C(C7C7C8C8C9C9C%10C%10C%11C(C%13%12)C%14C%11C%10C%10C9C9C(C%19C%12C%20C(C%27C7C%12C89)C%21C%26C2%23)C%18C%10C%17C%11%16)C6C%25C4C5C%24C31)O%22)O%15. The van der Waals surface area contributed by atoms with E-state index < -0.39 is 71.4 Å². The molecule has 5 heterocycles. The third kappa shape index (κ3) is 5.21. The predicted octanol–water partition coefficient (Wildman–Crippen LogP) is 8.89. The number of hydrogen-bond donors (Lipinski definition) is 5. The number of aliphatic hydroxyl groups excluding tert-OH is 3. The Morgan fingerprint density at radius 2 is 0.767 bits per heavy atom. The van der Waals surface area contributed by atoms with Gasteiger partial charge >= 0.3 is 11.9 Å². The number of ether oxygens (including phenoxy) is 3. The van der Waals surface area contributed by atoms with E-state index in [1.165, 1.54) is 0 Å². The molecular formula is C101H112O15. The molecule has 77 unspecified atom stereocenters. The summed E-state index contributed by atoms with van der Waals surface area (Å²) in [5.41, 5.74) is -1.62. The molecule has 0 radical (unpaired) electrons. The number of carbonyl (C=O) groups is 7. The molecule has 116 heavy (non-hydrogen) atoms. The molecule has 0 aromatic carbocycles. The Labute approximate surface area is 674 Å². The molecule has 36 aliphatic carbocycles. The van der Waals surface area contributed by atoms with Gasteiger partial charge in [-0.2, -0.15) is 0 Å². The van der Waals surface area contributed by atoms with Gasteiger partial charge in [-0.1, -0.05) is 0 Å². The second-order valence-electron chi connectivity index (χ2n) is 54.1. The molecule has 5 spiro atoms. The van der Waals surface area contributed by atoms with Gasteiger partial charge in [0.25, 0.3) is 0 Å². The van der Waals surface area contributed by atoms with E-state index in [0.717, 1.165) is 102 Å². The van der Waals surface area contributed by atoms with Crippen LogP contribution in [0.5, 0.6) is 0 Å². The third-order valence-electron chi connectivity index (χ3n) is 56.3. The molecule has 36 saturated carbocycles. The number of aldehydes is 1. The molecule has 0 aromatic rings. The number of hydrogen-bond acceptors (Lipinski definition) is 13. The van der Waals surface area contributed by atoms with E-state index in [4.69, 9.17) is 14.2 Å². The highest BCUT2D eigenvalue weighted by atomic mass is 16.6. The summed E-state index contributed by atoms with van der Waals surface area (Å²) in [6.07, 6.45) is 14.2. The van der Waals surface area contributed by atoms with Crippen molar-refractivity contribution in [3.05, 3.63) is 0 Å². The van der Waals surface area contributed by atoms with E-state index in [-0.39, 0.29) is 159 Å². The minimum Gasteiger partial charge on any atom is -0.481 e. The van der Waals surface area contributed by atoms with Crippen LogP contribution in [0.3, 0.4) is 0 Å². The van der Waals surface area contributed by atoms with Crippen LogP contribution in [0.25, 0.3) is 0 Å². The van der Waals surface area contributed by atoms with Gasteiger partial charge in [-0.15, -0.1) is 0 Å². The summed E-state index contributed by atoms with van der Waals surface area (Å²) in [7, 11) is 0. The van der Waals surface area contributed by atoms with Gasteiger partial charge in [0.15, 0.2) is 0 Å². The largest absolute Gasteiger partial charge is 0.481 e. The summed E-state index contributed by atoms with van der Waals surface area (Å²) in [6.45, 7) is 0. The number of carbonyl (C=O) groups excluding carboxylic acids is 5. The summed E-state index contributed by atoms with van der Waals surface area (Å²) in [6, 6.07) is 0. The van der Waals surface area contributed by atoms with Gasteiger partial charge < -0.3 is 44.5 Å². The number of aliphatic carboxylic acids is 2. The molecule has 0 amide bonds. The fourth-order valence-electron chi connectivity index (χ4n) is 59.3. The zero-order valence-electron chi connectivity index (χ0n) is 66.0. The molecule has 41 fully saturated rings. The molecule has 606 valence electrons. The van der Waals surface area contributed by atoms with Crippen molar-refractivity contribution < 1.29 is 73.3 Å². The lowest BCUT2D eigenvalue weighted by molar-refractivity contribution is -0.494. The first-order chi connectivity index (χ1) is 56.4. The molecule has 5 saturated heterocycles. The van der Waals surface area contributed by atoms with Gasteiger partial charge in [-0.3, -0.25) is 28.8 Å². The van der Waals surface area contributed by atoms with Crippen LogP contribution in [0.1, 0.15) is 109 Å². The Morgan fingerprint density at radius 1 is 0.328 bits per heavy atom. The van der Waals surface area contributed by atoms with Crippen molar-refractivity contribution in [3.8, 4) is 0 Å². The monoisotopic (exact) mass is 1560 g/mol. The van der Waals surface area contributed by atoms with Crippen molar-refractivity contribution in [2.24, 2.45) is 402 Å². The van der Waals surface area contributed by atoms with E-state index in [2.05, 4.69) is 0 Å². The first-order valence-electron chi connectivity index (χ1n) is 50.6. The topological polar surface area (TPSA) is 252 Å². The average molecular weight is 1570 g/mol. The van der Waals surface area contributed by atoms with E-state index in [1.54, 1.807) is 0 Å². The van der Waals surface area contributed by atoms with E-state index in [9.17, 15) is 39.9 Å². The standard InChI is InChI=1S/C101H112O15/c102-16-35-25-7-22-12-98-18-99(116-98)13-23-8-30-47-56-41(23)76-70-65-54-38-19(4-27-44(54)58-45-28(89(27)104)6-21-9-37-101(114-37)15-34-49-53(43(25)31(90(34)105)10-26(35)95(110)111)40(22)77-74-66(57(45)42(21)88(101)79(49)74)72(67(58)70)81(85(76)99)86(77)98)3-20-5-29-46-55-39(20)52(38)62(64(56)65)68-59(47)73-61-50-24(91(106)82(73)92(30)107)1-2-97-17-100(115-97)14-33-36(103)11-32(96(112)113)51-48(33)78-75(83(93(29)108)94(51)109)60(46)71(69(61)63(55)68)80(84(50)97)87(78)100/h16,19-35,37-88,90-91,93,105-106,108H,1-15,17-18H2,(H,110,111)(H,112,113). The zero-order chi connectivity index (χ0) is 74.4. The summed E-state index contributed by atoms with van der Waals surface area (Å²) in [4.78, 5) is 110. The second kappa shape index (κ2) is 17.4. The van der Waals surface area contributed by atoms with Gasteiger partial charge in [-0.25, -0.2) is 0 Å². The van der Waals surface area contributed by atoms with Crippen LogP contribution >= 0.6 is 0 Å². The predicted molar refractivity (Wildman–Crippen MR) is 396 cm³/mol. The normalized spacial score (nSPS) is 81.3. The van der Waals surface area contributed by atoms with E-state index >= 15 is 19.2 Å². The maximum absolute atomic E-state index is 17.9. The second-order valence-corrected chi connectivity index (χ2v) is 54.1. The first kappa shape index (κ1) is 62.2. The Bertz CT molecular complexity index is 5050. The summed E-state index contributed by atoms with van der Waals surface area (Å²) >= 11 is 0. The maximum Gasteiger partial charge on any atom is 0.307 e. The Kier molecular flexibility index (Phi) is 9.32. The quantitative estimate of drug-likeness (QED) is 0.131. The molecule has 4 bridgehead atoms. The molecule has 15 heteroatoms. The molecule has 0 aromatic heterocycles. The Morgan fingerprint density at radius 3 is 1.44 bits per heavy atom. The Balaban J connectivity index is 0.580. The molecule has 77 atom stereocenters. The highest BCUT2D eigenvalue weighted by Crippen LogP contribution is 2.98. The number of aliphatic hydroxyl groups is 3. The van der Waals surface area contributed by atoms with Crippen LogP contribution in [0, 0.1) is 402 Å². The lowest BCUT2D eigenvalue weighted by Crippen LogP contribution is -2.92. The van der Waals surface area contributed by atoms with E-state index in [1.807, 2.05) is 0 Å². The van der Waals surface area contributed by atoms with Crippen molar-refractivity contribution in [2.75, 3.05) is 0 Å². The van der Waals surface area contributed by atoms with Gasteiger partial charge in [0.1, 0.15) is 29.4 Å². The minimum absolute atomic E-state index is 0.0119.